The lowest BCUT2D eigenvalue weighted by molar-refractivity contribution is -0.172. The number of carbonyl (C=O) groups excluding carboxylic acids is 2. The van der Waals surface area contributed by atoms with Crippen LogP contribution in [0, 0.1) is 5.41 Å². The Kier molecular flexibility index (Phi) is 5.95. The highest BCUT2D eigenvalue weighted by Gasteiger charge is 2.50. The Bertz CT molecular complexity index is 672. The van der Waals surface area contributed by atoms with Crippen LogP contribution in [-0.2, 0) is 46.0 Å². The molecule has 0 aliphatic carbocycles. The minimum atomic E-state index is -1.54. The summed E-state index contributed by atoms with van der Waals surface area (Å²) in [6.07, 6.45) is 6.91. The van der Waals surface area contributed by atoms with Crippen LogP contribution >= 0.6 is 0 Å². The molecule has 0 saturated heterocycles. The van der Waals surface area contributed by atoms with Gasteiger partial charge in [-0.25, -0.2) is 9.97 Å². The first kappa shape index (κ1) is 18.7. The molecule has 8 nitrogen and oxygen atoms in total. The minimum Gasteiger partial charge on any atom is -0.465 e. The number of imidazole rings is 2. The molecule has 0 N–H and O–H groups in total. The van der Waals surface area contributed by atoms with E-state index in [-0.39, 0.29) is 26.1 Å². The van der Waals surface area contributed by atoms with E-state index in [1.807, 2.05) is 14.1 Å². The van der Waals surface area contributed by atoms with Gasteiger partial charge in [-0.1, -0.05) is 0 Å². The van der Waals surface area contributed by atoms with E-state index in [4.69, 9.17) is 9.47 Å². The Morgan fingerprint density at radius 1 is 0.920 bits per heavy atom. The Morgan fingerprint density at radius 3 is 1.60 bits per heavy atom. The van der Waals surface area contributed by atoms with E-state index in [0.717, 1.165) is 0 Å². The summed E-state index contributed by atoms with van der Waals surface area (Å²) < 4.78 is 14.0. The normalized spacial score (nSPS) is 11.4. The van der Waals surface area contributed by atoms with Gasteiger partial charge in [-0.2, -0.15) is 0 Å². The number of aromatic nitrogens is 4. The molecule has 0 bridgehead atoms. The van der Waals surface area contributed by atoms with Gasteiger partial charge >= 0.3 is 11.9 Å². The molecule has 0 saturated carbocycles. The van der Waals surface area contributed by atoms with Gasteiger partial charge in [0, 0.05) is 51.7 Å². The topological polar surface area (TPSA) is 88.2 Å². The highest BCUT2D eigenvalue weighted by atomic mass is 16.6. The number of rotatable bonds is 8. The number of carbonyl (C=O) groups is 2. The second-order valence-corrected chi connectivity index (χ2v) is 5.79. The van der Waals surface area contributed by atoms with E-state index in [2.05, 4.69) is 9.97 Å². The number of ether oxygens (including phenoxy) is 2. The smallest absolute Gasteiger partial charge is 0.324 e. The van der Waals surface area contributed by atoms with E-state index in [1.165, 1.54) is 0 Å². The van der Waals surface area contributed by atoms with Crippen LogP contribution in [0.2, 0.25) is 0 Å². The van der Waals surface area contributed by atoms with Gasteiger partial charge in [0.15, 0.2) is 5.41 Å². The fourth-order valence-corrected chi connectivity index (χ4v) is 2.65. The van der Waals surface area contributed by atoms with E-state index >= 15 is 0 Å². The van der Waals surface area contributed by atoms with Crippen molar-refractivity contribution >= 4 is 11.9 Å². The molecule has 136 valence electrons. The quantitative estimate of drug-likeness (QED) is 0.523. The maximum Gasteiger partial charge on any atom is 0.324 e. The van der Waals surface area contributed by atoms with Crippen molar-refractivity contribution < 1.29 is 19.1 Å². The van der Waals surface area contributed by atoms with Gasteiger partial charge in [0.1, 0.15) is 11.6 Å². The van der Waals surface area contributed by atoms with Crippen LogP contribution < -0.4 is 0 Å². The fourth-order valence-electron chi connectivity index (χ4n) is 2.65. The third-order valence-corrected chi connectivity index (χ3v) is 4.09. The molecule has 2 rings (SSSR count). The molecular formula is C17H24N4O4. The first-order valence-electron chi connectivity index (χ1n) is 8.21. The number of aryl methyl sites for hydroxylation is 2. The standard InChI is InChI=1S/C17H24N4O4/c1-5-24-15(22)17(16(23)25-6-2,11-13-18-7-9-20(13)3)12-14-19-8-10-21(14)4/h7-10H,5-6,11-12H2,1-4H3. The summed E-state index contributed by atoms with van der Waals surface area (Å²) in [6, 6.07) is 0. The Morgan fingerprint density at radius 2 is 1.32 bits per heavy atom. The summed E-state index contributed by atoms with van der Waals surface area (Å²) in [7, 11) is 3.62. The van der Waals surface area contributed by atoms with Crippen molar-refractivity contribution in [2.45, 2.75) is 26.7 Å². The molecular weight excluding hydrogens is 324 g/mol. The molecule has 0 radical (unpaired) electrons. The Hall–Kier alpha value is -2.64. The highest BCUT2D eigenvalue weighted by molar-refractivity contribution is 6.00. The fraction of sp³-hybridized carbons (Fsp3) is 0.529. The van der Waals surface area contributed by atoms with Gasteiger partial charge < -0.3 is 18.6 Å². The lowest BCUT2D eigenvalue weighted by atomic mass is 9.80. The van der Waals surface area contributed by atoms with Gasteiger partial charge in [-0.15, -0.1) is 0 Å². The predicted octanol–water partition coefficient (Wildman–Crippen LogP) is 1.05. The molecule has 8 heteroatoms. The molecule has 2 aromatic heterocycles. The molecule has 0 aliphatic heterocycles. The minimum absolute atomic E-state index is 0.0705. The van der Waals surface area contributed by atoms with E-state index in [0.29, 0.717) is 11.6 Å². The van der Waals surface area contributed by atoms with Gasteiger partial charge in [0.25, 0.3) is 0 Å². The van der Waals surface area contributed by atoms with Gasteiger partial charge in [-0.05, 0) is 13.8 Å². The second-order valence-electron chi connectivity index (χ2n) is 5.79. The summed E-state index contributed by atoms with van der Waals surface area (Å²) in [6.45, 7) is 3.74. The molecule has 0 spiro atoms. The lowest BCUT2D eigenvalue weighted by Crippen LogP contribution is -2.46. The number of hydrogen-bond donors (Lipinski definition) is 0. The third kappa shape index (κ3) is 3.89. The van der Waals surface area contributed by atoms with E-state index in [1.54, 1.807) is 47.8 Å². The van der Waals surface area contributed by atoms with E-state index in [9.17, 15) is 9.59 Å². The zero-order chi connectivity index (χ0) is 18.4. The van der Waals surface area contributed by atoms with Crippen LogP contribution in [0.15, 0.2) is 24.8 Å². The van der Waals surface area contributed by atoms with Crippen molar-refractivity contribution in [3.63, 3.8) is 0 Å². The van der Waals surface area contributed by atoms with E-state index < -0.39 is 17.4 Å². The third-order valence-electron chi connectivity index (χ3n) is 4.09. The van der Waals surface area contributed by atoms with Crippen molar-refractivity contribution in [3.05, 3.63) is 36.4 Å². The maximum atomic E-state index is 12.9. The molecule has 0 aliphatic rings. The SMILES string of the molecule is CCOC(=O)C(Cc1nccn1C)(Cc1nccn1C)C(=O)OCC. The van der Waals surface area contributed by atoms with Gasteiger partial charge in [0.05, 0.1) is 13.2 Å². The maximum absolute atomic E-state index is 12.9. The molecule has 2 aromatic rings. The van der Waals surface area contributed by atoms with Crippen LogP contribution in [-0.4, -0.2) is 44.3 Å². The first-order chi connectivity index (χ1) is 11.9. The molecule has 25 heavy (non-hydrogen) atoms. The zero-order valence-corrected chi connectivity index (χ0v) is 15.1. The summed E-state index contributed by atoms with van der Waals surface area (Å²) in [4.78, 5) is 34.2. The van der Waals surface area contributed by atoms with Crippen molar-refractivity contribution in [2.24, 2.45) is 19.5 Å². The number of nitrogens with zero attached hydrogens (tertiary/aromatic N) is 4. The number of esters is 2. The first-order valence-corrected chi connectivity index (χ1v) is 8.21. The molecule has 0 fully saturated rings. The molecule has 0 unspecified atom stereocenters. The van der Waals surface area contributed by atoms with Gasteiger partial charge in [0.2, 0.25) is 0 Å². The van der Waals surface area contributed by atoms with Crippen molar-refractivity contribution in [1.82, 2.24) is 19.1 Å². The average Bonchev–Trinajstić information content (AvgIpc) is 3.16. The molecule has 0 aromatic carbocycles. The molecule has 2 heterocycles. The van der Waals surface area contributed by atoms with Crippen molar-refractivity contribution in [1.29, 1.82) is 0 Å². The van der Waals surface area contributed by atoms with Crippen LogP contribution in [0.3, 0.4) is 0 Å². The van der Waals surface area contributed by atoms with Crippen LogP contribution in [0.4, 0.5) is 0 Å². The van der Waals surface area contributed by atoms with Crippen LogP contribution in [0.1, 0.15) is 25.5 Å². The zero-order valence-electron chi connectivity index (χ0n) is 15.1. The molecule has 0 amide bonds. The summed E-state index contributed by atoms with van der Waals surface area (Å²) in [5, 5.41) is 0. The average molecular weight is 348 g/mol. The largest absolute Gasteiger partial charge is 0.465 e. The van der Waals surface area contributed by atoms with Crippen LogP contribution in [0.5, 0.6) is 0 Å². The highest BCUT2D eigenvalue weighted by Crippen LogP contribution is 2.31. The second kappa shape index (κ2) is 7.96. The Balaban J connectivity index is 2.51. The Labute approximate surface area is 146 Å². The summed E-state index contributed by atoms with van der Waals surface area (Å²) in [5.41, 5.74) is -1.54. The predicted molar refractivity (Wildman–Crippen MR) is 89.5 cm³/mol. The summed E-state index contributed by atoms with van der Waals surface area (Å²) in [5.74, 6) is -0.0652. The summed E-state index contributed by atoms with van der Waals surface area (Å²) >= 11 is 0. The van der Waals surface area contributed by atoms with Crippen molar-refractivity contribution in [2.75, 3.05) is 13.2 Å². The van der Waals surface area contributed by atoms with Crippen LogP contribution in [0.25, 0.3) is 0 Å². The monoisotopic (exact) mass is 348 g/mol. The van der Waals surface area contributed by atoms with Crippen molar-refractivity contribution in [3.8, 4) is 0 Å². The lowest BCUT2D eigenvalue weighted by Gasteiger charge is -2.28. The number of hydrogen-bond acceptors (Lipinski definition) is 6. The van der Waals surface area contributed by atoms with Gasteiger partial charge in [-0.3, -0.25) is 9.59 Å². The molecule has 0 atom stereocenters.